The van der Waals surface area contributed by atoms with Crippen LogP contribution in [0.25, 0.3) is 11.4 Å². The third kappa shape index (κ3) is 2.41. The summed E-state index contributed by atoms with van der Waals surface area (Å²) < 4.78 is 32.3. The van der Waals surface area contributed by atoms with Gasteiger partial charge in [-0.1, -0.05) is 0 Å². The van der Waals surface area contributed by atoms with Crippen LogP contribution in [0.3, 0.4) is 0 Å². The summed E-state index contributed by atoms with van der Waals surface area (Å²) in [5, 5.41) is -0.212. The Kier molecular flexibility index (Phi) is 3.72. The van der Waals surface area contributed by atoms with E-state index in [2.05, 4.69) is 30.9 Å². The summed E-state index contributed by atoms with van der Waals surface area (Å²) in [6, 6.07) is 2.21. The van der Waals surface area contributed by atoms with Crippen LogP contribution in [0.15, 0.2) is 16.6 Å². The Bertz CT molecular complexity index is 612. The lowest BCUT2D eigenvalue weighted by atomic mass is 10.2. The average molecular weight is 337 g/mol. The first kappa shape index (κ1) is 13.1. The zero-order valence-corrected chi connectivity index (χ0v) is 11.3. The zero-order valence-electron chi connectivity index (χ0n) is 8.92. The largest absolute Gasteiger partial charge is 0.467 e. The summed E-state index contributed by atoms with van der Waals surface area (Å²) in [4.78, 5) is 11.1. The van der Waals surface area contributed by atoms with E-state index in [1.54, 1.807) is 0 Å². The lowest BCUT2D eigenvalue weighted by molar-refractivity contribution is 0.378. The minimum atomic E-state index is -0.820. The molecule has 1 aromatic heterocycles. The molecule has 0 aliphatic heterocycles. The Morgan fingerprint density at radius 3 is 2.61 bits per heavy atom. The quantitative estimate of drug-likeness (QED) is 0.790. The van der Waals surface area contributed by atoms with Gasteiger partial charge in [-0.15, -0.1) is 0 Å². The molecule has 0 fully saturated rings. The summed E-state index contributed by atoms with van der Waals surface area (Å²) in [6.07, 6.45) is 0. The van der Waals surface area contributed by atoms with E-state index in [9.17, 15) is 8.78 Å². The van der Waals surface area contributed by atoms with Crippen molar-refractivity contribution in [1.82, 2.24) is 15.0 Å². The van der Waals surface area contributed by atoms with Crippen molar-refractivity contribution in [3.63, 3.8) is 0 Å². The predicted molar refractivity (Wildman–Crippen MR) is 64.4 cm³/mol. The van der Waals surface area contributed by atoms with Gasteiger partial charge in [-0.25, -0.2) is 8.78 Å². The summed E-state index contributed by atoms with van der Waals surface area (Å²) in [5.74, 6) is -1.86. The van der Waals surface area contributed by atoms with Crippen molar-refractivity contribution in [3.8, 4) is 17.4 Å². The molecule has 1 heterocycles. The van der Waals surface area contributed by atoms with Crippen LogP contribution in [0.4, 0.5) is 8.78 Å². The molecule has 0 N–H and O–H groups in total. The van der Waals surface area contributed by atoms with Crippen LogP contribution in [0.2, 0.25) is 5.28 Å². The molecule has 0 saturated carbocycles. The average Bonchev–Trinajstić information content (AvgIpc) is 2.34. The number of hydrogen-bond acceptors (Lipinski definition) is 4. The van der Waals surface area contributed by atoms with Crippen LogP contribution in [0, 0.1) is 11.6 Å². The van der Waals surface area contributed by atoms with E-state index in [-0.39, 0.29) is 21.6 Å². The van der Waals surface area contributed by atoms with E-state index >= 15 is 0 Å². The molecule has 8 heteroatoms. The molecular formula is C10H5BrClF2N3O. The molecule has 0 saturated heterocycles. The van der Waals surface area contributed by atoms with Gasteiger partial charge in [0.05, 0.1) is 17.1 Å². The second-order valence-corrected chi connectivity index (χ2v) is 4.33. The summed E-state index contributed by atoms with van der Waals surface area (Å²) in [7, 11) is 1.31. The number of rotatable bonds is 2. The van der Waals surface area contributed by atoms with E-state index in [0.29, 0.717) is 0 Å². The molecule has 0 aliphatic rings. The molecule has 0 unspecified atom stereocenters. The van der Waals surface area contributed by atoms with Crippen molar-refractivity contribution in [3.05, 3.63) is 33.5 Å². The van der Waals surface area contributed by atoms with Crippen molar-refractivity contribution in [2.45, 2.75) is 0 Å². The Morgan fingerprint density at radius 1 is 1.22 bits per heavy atom. The SMILES string of the molecule is COc1nc(Cl)nc(-c2c(F)ccc(Br)c2F)n1. The van der Waals surface area contributed by atoms with E-state index < -0.39 is 17.2 Å². The van der Waals surface area contributed by atoms with Crippen LogP contribution in [0.1, 0.15) is 0 Å². The van der Waals surface area contributed by atoms with Crippen molar-refractivity contribution in [2.24, 2.45) is 0 Å². The van der Waals surface area contributed by atoms with Gasteiger partial charge in [0, 0.05) is 0 Å². The number of nitrogens with zero attached hydrogens (tertiary/aromatic N) is 3. The first-order chi connectivity index (χ1) is 8.52. The topological polar surface area (TPSA) is 47.9 Å². The van der Waals surface area contributed by atoms with Gasteiger partial charge in [0.25, 0.3) is 0 Å². The summed E-state index contributed by atoms with van der Waals surface area (Å²) in [6.45, 7) is 0. The minimum Gasteiger partial charge on any atom is -0.467 e. The molecule has 94 valence electrons. The number of benzene rings is 1. The zero-order chi connectivity index (χ0) is 13.3. The molecular weight excluding hydrogens is 331 g/mol. The van der Waals surface area contributed by atoms with Crippen LogP contribution in [-0.4, -0.2) is 22.1 Å². The Morgan fingerprint density at radius 2 is 1.94 bits per heavy atom. The second-order valence-electron chi connectivity index (χ2n) is 3.13. The molecule has 0 spiro atoms. The number of hydrogen-bond donors (Lipinski definition) is 0. The number of methoxy groups -OCH3 is 1. The maximum atomic E-state index is 13.8. The lowest BCUT2D eigenvalue weighted by Crippen LogP contribution is -2.01. The molecule has 1 aromatic carbocycles. The van der Waals surface area contributed by atoms with Crippen molar-refractivity contribution < 1.29 is 13.5 Å². The molecule has 0 aliphatic carbocycles. The third-order valence-electron chi connectivity index (χ3n) is 2.04. The van der Waals surface area contributed by atoms with Gasteiger partial charge >= 0.3 is 6.01 Å². The van der Waals surface area contributed by atoms with E-state index in [4.69, 9.17) is 16.3 Å². The fraction of sp³-hybridized carbons (Fsp3) is 0.100. The van der Waals surface area contributed by atoms with Gasteiger partial charge in [-0.3, -0.25) is 0 Å². The first-order valence-corrected chi connectivity index (χ1v) is 5.79. The fourth-order valence-corrected chi connectivity index (χ4v) is 1.75. The maximum Gasteiger partial charge on any atom is 0.321 e. The van der Waals surface area contributed by atoms with Crippen LogP contribution in [0.5, 0.6) is 6.01 Å². The monoisotopic (exact) mass is 335 g/mol. The highest BCUT2D eigenvalue weighted by Gasteiger charge is 2.18. The smallest absolute Gasteiger partial charge is 0.321 e. The molecule has 0 bridgehead atoms. The number of aromatic nitrogens is 3. The normalized spacial score (nSPS) is 10.5. The van der Waals surface area contributed by atoms with E-state index in [1.807, 2.05) is 0 Å². The van der Waals surface area contributed by atoms with Gasteiger partial charge in [0.15, 0.2) is 11.6 Å². The van der Waals surface area contributed by atoms with E-state index in [1.165, 1.54) is 13.2 Å². The standard InChI is InChI=1S/C10H5BrClF2N3O/c1-18-10-16-8(15-9(12)17-10)6-5(13)3-2-4(11)7(6)14/h2-3H,1H3. The van der Waals surface area contributed by atoms with Crippen LogP contribution < -0.4 is 4.74 Å². The third-order valence-corrected chi connectivity index (χ3v) is 2.82. The van der Waals surface area contributed by atoms with Crippen molar-refractivity contribution >= 4 is 27.5 Å². The second kappa shape index (κ2) is 5.11. The Hall–Kier alpha value is -1.34. The van der Waals surface area contributed by atoms with E-state index in [0.717, 1.165) is 6.07 Å². The van der Waals surface area contributed by atoms with Crippen molar-refractivity contribution in [1.29, 1.82) is 0 Å². The van der Waals surface area contributed by atoms with Gasteiger partial charge in [0.2, 0.25) is 5.28 Å². The molecule has 0 radical (unpaired) electrons. The van der Waals surface area contributed by atoms with Crippen molar-refractivity contribution in [2.75, 3.05) is 7.11 Å². The first-order valence-electron chi connectivity index (χ1n) is 4.62. The molecule has 2 rings (SSSR count). The van der Waals surface area contributed by atoms with Gasteiger partial charge in [0.1, 0.15) is 5.82 Å². The molecule has 18 heavy (non-hydrogen) atoms. The van der Waals surface area contributed by atoms with Crippen LogP contribution in [-0.2, 0) is 0 Å². The Balaban J connectivity index is 2.69. The molecule has 0 amide bonds. The molecule has 0 atom stereocenters. The molecule has 2 aromatic rings. The van der Waals surface area contributed by atoms with Gasteiger partial charge in [-0.05, 0) is 39.7 Å². The number of halogens is 4. The lowest BCUT2D eigenvalue weighted by Gasteiger charge is -2.06. The highest BCUT2D eigenvalue weighted by molar-refractivity contribution is 9.10. The highest BCUT2D eigenvalue weighted by atomic mass is 79.9. The molecule has 4 nitrogen and oxygen atoms in total. The highest BCUT2D eigenvalue weighted by Crippen LogP contribution is 2.29. The van der Waals surface area contributed by atoms with Gasteiger partial charge < -0.3 is 4.74 Å². The van der Waals surface area contributed by atoms with Gasteiger partial charge in [-0.2, -0.15) is 15.0 Å². The maximum absolute atomic E-state index is 13.8. The van der Waals surface area contributed by atoms with Crippen LogP contribution >= 0.6 is 27.5 Å². The summed E-state index contributed by atoms with van der Waals surface area (Å²) in [5.41, 5.74) is -0.396. The number of ether oxygens (including phenoxy) is 1. The predicted octanol–water partition coefficient (Wildman–Crippen LogP) is 3.24. The Labute approximate surface area is 114 Å². The fourth-order valence-electron chi connectivity index (χ4n) is 1.27. The summed E-state index contributed by atoms with van der Waals surface area (Å²) >= 11 is 8.58. The minimum absolute atomic E-state index is 0.0920.